The summed E-state index contributed by atoms with van der Waals surface area (Å²) in [4.78, 5) is 9.91. The van der Waals surface area contributed by atoms with Crippen molar-refractivity contribution in [1.82, 2.24) is 0 Å². The molecule has 0 heterocycles. The van der Waals surface area contributed by atoms with Crippen LogP contribution < -0.4 is 5.73 Å². The van der Waals surface area contributed by atoms with E-state index in [9.17, 15) is 4.79 Å². The smallest absolute Gasteiger partial charge is 0.304 e. The van der Waals surface area contributed by atoms with Crippen LogP contribution in [0.2, 0.25) is 0 Å². The monoisotopic (exact) mass is 169 g/mol. The molecule has 0 rings (SSSR count). The van der Waals surface area contributed by atoms with Gasteiger partial charge in [0.05, 0.1) is 12.3 Å². The van der Waals surface area contributed by atoms with Gasteiger partial charge in [-0.1, -0.05) is 0 Å². The largest absolute Gasteiger partial charge is 0.481 e. The number of carbonyl (C=O) groups is 1. The molecule has 0 aliphatic heterocycles. The van der Waals surface area contributed by atoms with E-state index in [0.717, 1.165) is 0 Å². The van der Waals surface area contributed by atoms with E-state index in [1.165, 1.54) is 0 Å². The van der Waals surface area contributed by atoms with Crippen LogP contribution in [0.15, 0.2) is 0 Å². The Kier molecular flexibility index (Phi) is 3.66. The molecule has 0 unspecified atom stereocenters. The van der Waals surface area contributed by atoms with E-state index in [0.29, 0.717) is 0 Å². The van der Waals surface area contributed by atoms with E-state index in [1.807, 2.05) is 0 Å². The van der Waals surface area contributed by atoms with Gasteiger partial charge in [-0.3, -0.25) is 13.9 Å². The SMILES string of the molecule is NCS(O)(O)CCC(=O)O. The van der Waals surface area contributed by atoms with Crippen LogP contribution in [0.1, 0.15) is 6.42 Å². The molecule has 6 heteroatoms. The lowest BCUT2D eigenvalue weighted by Crippen LogP contribution is -2.16. The molecule has 0 radical (unpaired) electrons. The highest BCUT2D eigenvalue weighted by Gasteiger charge is 2.10. The maximum Gasteiger partial charge on any atom is 0.304 e. The Morgan fingerprint density at radius 2 is 2.00 bits per heavy atom. The van der Waals surface area contributed by atoms with Gasteiger partial charge in [0, 0.05) is 5.75 Å². The molecule has 0 aromatic carbocycles. The first-order valence-corrected chi connectivity index (χ1v) is 4.52. The summed E-state index contributed by atoms with van der Waals surface area (Å²) in [5.41, 5.74) is 4.94. The summed E-state index contributed by atoms with van der Waals surface area (Å²) >= 11 is 0. The van der Waals surface area contributed by atoms with Crippen molar-refractivity contribution in [2.45, 2.75) is 6.42 Å². The molecule has 0 saturated carbocycles. The number of carboxylic acid groups (broad SMARTS) is 1. The summed E-state index contributed by atoms with van der Waals surface area (Å²) in [5.74, 6) is -1.47. The molecule has 0 spiro atoms. The van der Waals surface area contributed by atoms with Crippen LogP contribution >= 0.6 is 10.6 Å². The van der Waals surface area contributed by atoms with E-state index in [4.69, 9.17) is 19.9 Å². The molecule has 0 amide bonds. The van der Waals surface area contributed by atoms with Gasteiger partial charge in [-0.25, -0.2) is 0 Å². The average Bonchev–Trinajstić information content (AvgIpc) is 1.85. The van der Waals surface area contributed by atoms with Gasteiger partial charge in [0.15, 0.2) is 0 Å². The predicted octanol–water partition coefficient (Wildman–Crippen LogP) is 0.128. The summed E-state index contributed by atoms with van der Waals surface area (Å²) in [6.07, 6.45) is -0.250. The van der Waals surface area contributed by atoms with Crippen LogP contribution in [0.3, 0.4) is 0 Å². The minimum absolute atomic E-state index is 0.154. The van der Waals surface area contributed by atoms with Crippen molar-refractivity contribution >= 4 is 16.6 Å². The first-order valence-electron chi connectivity index (χ1n) is 2.63. The molecule has 0 aromatic rings. The standard InChI is InChI=1S/C4H11NO4S/c5-3-10(8,9)2-1-4(6)7/h8-9H,1-3,5H2,(H,6,7). The van der Waals surface area contributed by atoms with Crippen LogP contribution in [0, 0.1) is 0 Å². The van der Waals surface area contributed by atoms with E-state index in [-0.39, 0.29) is 18.1 Å². The lowest BCUT2D eigenvalue weighted by molar-refractivity contribution is -0.136. The van der Waals surface area contributed by atoms with Gasteiger partial charge in [-0.15, -0.1) is 0 Å². The third-order valence-corrected chi connectivity index (χ3v) is 2.30. The number of nitrogens with two attached hydrogens (primary N) is 1. The Morgan fingerprint density at radius 1 is 1.50 bits per heavy atom. The zero-order valence-corrected chi connectivity index (χ0v) is 6.17. The molecular weight excluding hydrogens is 158 g/mol. The normalized spacial score (nSPS) is 13.1. The van der Waals surface area contributed by atoms with Gasteiger partial charge in [-0.2, -0.15) is 10.6 Å². The second kappa shape index (κ2) is 3.77. The van der Waals surface area contributed by atoms with Crippen molar-refractivity contribution in [2.75, 3.05) is 11.6 Å². The van der Waals surface area contributed by atoms with Crippen LogP contribution in [0.25, 0.3) is 0 Å². The van der Waals surface area contributed by atoms with Crippen molar-refractivity contribution in [1.29, 1.82) is 0 Å². The van der Waals surface area contributed by atoms with Crippen LogP contribution in [-0.2, 0) is 4.79 Å². The van der Waals surface area contributed by atoms with Crippen molar-refractivity contribution in [3.8, 4) is 0 Å². The molecule has 5 nitrogen and oxygen atoms in total. The molecular formula is C4H11NO4S. The second-order valence-electron chi connectivity index (χ2n) is 1.82. The highest BCUT2D eigenvalue weighted by Crippen LogP contribution is 2.36. The third kappa shape index (κ3) is 4.57. The number of hydrogen-bond acceptors (Lipinski definition) is 4. The average molecular weight is 169 g/mol. The summed E-state index contributed by atoms with van der Waals surface area (Å²) in [6, 6.07) is 0. The molecule has 62 valence electrons. The zero-order valence-electron chi connectivity index (χ0n) is 5.36. The number of carboxylic acids is 1. The van der Waals surface area contributed by atoms with Crippen molar-refractivity contribution < 1.29 is 19.0 Å². The molecule has 0 fully saturated rings. The number of hydrogen-bond donors (Lipinski definition) is 4. The number of aliphatic carboxylic acids is 1. The molecule has 10 heavy (non-hydrogen) atoms. The number of rotatable bonds is 4. The van der Waals surface area contributed by atoms with Crippen LogP contribution in [-0.4, -0.2) is 31.8 Å². The molecule has 0 aromatic heterocycles. The van der Waals surface area contributed by atoms with Crippen molar-refractivity contribution in [3.05, 3.63) is 0 Å². The molecule has 5 N–H and O–H groups in total. The maximum atomic E-state index is 9.91. The summed E-state index contributed by atoms with van der Waals surface area (Å²) in [6.45, 7) is 0. The fraction of sp³-hybridized carbons (Fsp3) is 0.750. The van der Waals surface area contributed by atoms with Crippen molar-refractivity contribution in [3.63, 3.8) is 0 Å². The Labute approximate surface area is 60.2 Å². The Hall–Kier alpha value is -0.300. The van der Waals surface area contributed by atoms with Gasteiger partial charge in [0.25, 0.3) is 0 Å². The lowest BCUT2D eigenvalue weighted by atomic mass is 10.5. The molecule has 0 atom stereocenters. The maximum absolute atomic E-state index is 9.91. The Bertz CT molecular complexity index is 126. The first-order chi connectivity index (χ1) is 4.48. The molecule has 0 saturated heterocycles. The predicted molar refractivity (Wildman–Crippen MR) is 39.0 cm³/mol. The van der Waals surface area contributed by atoms with E-state index >= 15 is 0 Å². The van der Waals surface area contributed by atoms with Crippen molar-refractivity contribution in [2.24, 2.45) is 5.73 Å². The first kappa shape index (κ1) is 9.70. The van der Waals surface area contributed by atoms with E-state index in [1.54, 1.807) is 0 Å². The lowest BCUT2D eigenvalue weighted by Gasteiger charge is -2.29. The van der Waals surface area contributed by atoms with E-state index in [2.05, 4.69) is 0 Å². The quantitative estimate of drug-likeness (QED) is 0.479. The Morgan fingerprint density at radius 3 is 2.30 bits per heavy atom. The second-order valence-corrected chi connectivity index (χ2v) is 4.16. The van der Waals surface area contributed by atoms with Gasteiger partial charge in [0.2, 0.25) is 0 Å². The summed E-state index contributed by atoms with van der Waals surface area (Å²) in [5, 5.41) is 8.12. The van der Waals surface area contributed by atoms with Gasteiger partial charge >= 0.3 is 5.97 Å². The molecule has 0 aliphatic rings. The highest BCUT2D eigenvalue weighted by atomic mass is 32.3. The van der Waals surface area contributed by atoms with Crippen LogP contribution in [0.4, 0.5) is 0 Å². The Balaban J connectivity index is 3.56. The van der Waals surface area contributed by atoms with Crippen LogP contribution in [0.5, 0.6) is 0 Å². The minimum atomic E-state index is -2.82. The van der Waals surface area contributed by atoms with Gasteiger partial charge in [-0.05, 0) is 0 Å². The highest BCUT2D eigenvalue weighted by molar-refractivity contribution is 8.24. The summed E-state index contributed by atoms with van der Waals surface area (Å²) < 4.78 is 17.6. The fourth-order valence-corrected chi connectivity index (χ4v) is 1.00. The summed E-state index contributed by atoms with van der Waals surface area (Å²) in [7, 11) is -2.82. The molecule has 0 bridgehead atoms. The third-order valence-electron chi connectivity index (χ3n) is 0.910. The topological polar surface area (TPSA) is 104 Å². The zero-order chi connectivity index (χ0) is 8.20. The minimum Gasteiger partial charge on any atom is -0.481 e. The van der Waals surface area contributed by atoms with Gasteiger partial charge < -0.3 is 10.8 Å². The van der Waals surface area contributed by atoms with Gasteiger partial charge in [0.1, 0.15) is 0 Å². The van der Waals surface area contributed by atoms with E-state index < -0.39 is 16.6 Å². The molecule has 0 aliphatic carbocycles. The fourth-order valence-electron chi connectivity index (χ4n) is 0.334.